The Morgan fingerprint density at radius 1 is 1.17 bits per heavy atom. The average molecular weight is 495 g/mol. The van der Waals surface area contributed by atoms with Gasteiger partial charge in [-0.05, 0) is 48.1 Å². The summed E-state index contributed by atoms with van der Waals surface area (Å²) in [5.41, 5.74) is 2.01. The van der Waals surface area contributed by atoms with E-state index in [1.807, 2.05) is 18.2 Å². The molecule has 2 amide bonds. The van der Waals surface area contributed by atoms with Crippen LogP contribution in [-0.4, -0.2) is 58.2 Å². The Morgan fingerprint density at radius 3 is 2.75 bits per heavy atom. The van der Waals surface area contributed by atoms with Crippen LogP contribution in [0.25, 0.3) is 0 Å². The minimum Gasteiger partial charge on any atom is -0.504 e. The number of aryl methyl sites for hydroxylation is 1. The number of nitrogens with one attached hydrogen (secondary N) is 2. The second-order valence-corrected chi connectivity index (χ2v) is 10.5. The van der Waals surface area contributed by atoms with Gasteiger partial charge in [-0.1, -0.05) is 31.9 Å². The Kier molecular flexibility index (Phi) is 5.57. The fourth-order valence-electron chi connectivity index (χ4n) is 5.93. The molecule has 9 nitrogen and oxygen atoms in total. The number of aliphatic hydroxyl groups is 2. The monoisotopic (exact) mass is 494 g/mol. The molecule has 2 aliphatic heterocycles. The van der Waals surface area contributed by atoms with Crippen molar-refractivity contribution in [3.05, 3.63) is 52.6 Å². The lowest BCUT2D eigenvalue weighted by molar-refractivity contribution is -0.0760. The van der Waals surface area contributed by atoms with E-state index in [2.05, 4.69) is 10.6 Å². The quantitative estimate of drug-likeness (QED) is 0.428. The van der Waals surface area contributed by atoms with Crippen LogP contribution >= 0.6 is 0 Å². The van der Waals surface area contributed by atoms with Crippen molar-refractivity contribution in [3.63, 3.8) is 0 Å². The molecule has 2 fully saturated rings. The van der Waals surface area contributed by atoms with Gasteiger partial charge in [-0.3, -0.25) is 9.59 Å². The number of phenolic OH excluding ortho intramolecular Hbond substituents is 1. The van der Waals surface area contributed by atoms with Crippen molar-refractivity contribution < 1.29 is 34.4 Å². The standard InChI is InChI=1S/C27H30N2O7/c1-12-20-18(16-10-17-25(36-11-35-17)23(31)19(16)27(34)28-20)21(24(32)22(12)30)29-26(33)15-4-2-3-14(9-15)8-7-13-5-6-13/h2-4,9-10,12-13,18,20-22,24,30-32H,5-8,11H2,1H3,(H,28,34)(H,29,33)/t12-,18+,20-,21+,22-,24-/m0/s1. The number of aliphatic hydroxyl groups excluding tert-OH is 2. The van der Waals surface area contributed by atoms with Crippen molar-refractivity contribution in [3.8, 4) is 17.2 Å². The van der Waals surface area contributed by atoms with Crippen molar-refractivity contribution in [2.75, 3.05) is 6.79 Å². The summed E-state index contributed by atoms with van der Waals surface area (Å²) in [6.07, 6.45) is 2.10. The molecule has 0 unspecified atom stereocenters. The zero-order valence-corrected chi connectivity index (χ0v) is 19.9. The average Bonchev–Trinajstić information content (AvgIpc) is 3.58. The number of aromatic hydroxyl groups is 1. The normalized spacial score (nSPS) is 30.2. The molecule has 2 aliphatic carbocycles. The third kappa shape index (κ3) is 3.77. The number of fused-ring (bicyclic) bond motifs is 4. The zero-order chi connectivity index (χ0) is 25.1. The van der Waals surface area contributed by atoms with Crippen LogP contribution in [0.2, 0.25) is 0 Å². The molecule has 0 aromatic heterocycles. The number of hydrogen-bond donors (Lipinski definition) is 5. The maximum absolute atomic E-state index is 13.4. The van der Waals surface area contributed by atoms with Crippen molar-refractivity contribution >= 4 is 11.8 Å². The molecule has 6 atom stereocenters. The molecule has 2 saturated carbocycles. The summed E-state index contributed by atoms with van der Waals surface area (Å²) in [5.74, 6) is -1.17. The van der Waals surface area contributed by atoms with Crippen LogP contribution in [0.4, 0.5) is 0 Å². The van der Waals surface area contributed by atoms with Crippen molar-refractivity contribution in [1.82, 2.24) is 10.6 Å². The highest BCUT2D eigenvalue weighted by Gasteiger charge is 2.53. The van der Waals surface area contributed by atoms with Gasteiger partial charge in [-0.2, -0.15) is 0 Å². The predicted octanol–water partition coefficient (Wildman–Crippen LogP) is 1.83. The highest BCUT2D eigenvalue weighted by molar-refractivity contribution is 6.02. The van der Waals surface area contributed by atoms with Crippen LogP contribution in [0.1, 0.15) is 63.9 Å². The summed E-state index contributed by atoms with van der Waals surface area (Å²) in [7, 11) is 0. The van der Waals surface area contributed by atoms with Gasteiger partial charge in [-0.15, -0.1) is 0 Å². The first-order valence-electron chi connectivity index (χ1n) is 12.6. The van der Waals surface area contributed by atoms with Crippen LogP contribution in [0.5, 0.6) is 17.2 Å². The molecule has 5 N–H and O–H groups in total. The van der Waals surface area contributed by atoms with E-state index >= 15 is 0 Å². The molecule has 6 rings (SSSR count). The summed E-state index contributed by atoms with van der Waals surface area (Å²) in [6.45, 7) is 1.65. The van der Waals surface area contributed by atoms with E-state index in [1.54, 1.807) is 19.1 Å². The van der Waals surface area contributed by atoms with E-state index in [0.29, 0.717) is 16.9 Å². The zero-order valence-electron chi connectivity index (χ0n) is 19.9. The third-order valence-electron chi connectivity index (χ3n) is 8.17. The molecule has 4 aliphatic rings. The van der Waals surface area contributed by atoms with Crippen LogP contribution in [0.3, 0.4) is 0 Å². The smallest absolute Gasteiger partial charge is 0.255 e. The maximum Gasteiger partial charge on any atom is 0.255 e. The van der Waals surface area contributed by atoms with Crippen molar-refractivity contribution in [2.45, 2.75) is 62.8 Å². The number of amides is 2. The predicted molar refractivity (Wildman–Crippen MR) is 128 cm³/mol. The first kappa shape index (κ1) is 23.1. The van der Waals surface area contributed by atoms with Gasteiger partial charge in [0.05, 0.1) is 17.7 Å². The van der Waals surface area contributed by atoms with E-state index < -0.39 is 42.0 Å². The molecule has 2 heterocycles. The number of benzene rings is 2. The second-order valence-electron chi connectivity index (χ2n) is 10.5. The number of carbonyl (C=O) groups excluding carboxylic acids is 2. The number of hydrogen-bond acceptors (Lipinski definition) is 7. The molecular weight excluding hydrogens is 464 g/mol. The molecule has 2 aromatic rings. The SMILES string of the molecule is C[C@@H]1[C@H](O)[C@@H](O)[C@H](NC(=O)c2cccc(CCC3CC3)c2)[C@@H]2c3cc4c(c(O)c3C(=O)N[C@@H]12)OCO4. The van der Waals surface area contributed by atoms with Gasteiger partial charge in [0.2, 0.25) is 12.5 Å². The summed E-state index contributed by atoms with van der Waals surface area (Å²) >= 11 is 0. The van der Waals surface area contributed by atoms with Gasteiger partial charge < -0.3 is 35.4 Å². The Hall–Kier alpha value is -3.30. The van der Waals surface area contributed by atoms with Crippen LogP contribution in [-0.2, 0) is 6.42 Å². The highest BCUT2D eigenvalue weighted by Crippen LogP contribution is 2.50. The van der Waals surface area contributed by atoms with Gasteiger partial charge in [0.1, 0.15) is 6.10 Å². The van der Waals surface area contributed by atoms with Gasteiger partial charge in [-0.25, -0.2) is 0 Å². The topological polar surface area (TPSA) is 137 Å². The summed E-state index contributed by atoms with van der Waals surface area (Å²) in [4.78, 5) is 26.4. The summed E-state index contributed by atoms with van der Waals surface area (Å²) in [5, 5.41) is 38.5. The number of ether oxygens (including phenoxy) is 2. The molecule has 2 aromatic carbocycles. The number of phenols is 1. The van der Waals surface area contributed by atoms with Gasteiger partial charge >= 0.3 is 0 Å². The van der Waals surface area contributed by atoms with Crippen LogP contribution in [0.15, 0.2) is 30.3 Å². The number of carbonyl (C=O) groups is 2. The summed E-state index contributed by atoms with van der Waals surface area (Å²) in [6, 6.07) is 7.56. The Balaban J connectivity index is 1.34. The Labute approximate surface area is 208 Å². The van der Waals surface area contributed by atoms with Crippen molar-refractivity contribution in [2.24, 2.45) is 11.8 Å². The van der Waals surface area contributed by atoms with Crippen LogP contribution in [0, 0.1) is 11.8 Å². The Morgan fingerprint density at radius 2 is 1.97 bits per heavy atom. The lowest BCUT2D eigenvalue weighted by Crippen LogP contribution is -2.67. The fraction of sp³-hybridized carbons (Fsp3) is 0.481. The minimum atomic E-state index is -1.29. The first-order valence-corrected chi connectivity index (χ1v) is 12.6. The maximum atomic E-state index is 13.4. The molecule has 9 heteroatoms. The van der Waals surface area contributed by atoms with Gasteiger partial charge in [0, 0.05) is 23.4 Å². The molecule has 36 heavy (non-hydrogen) atoms. The van der Waals surface area contributed by atoms with E-state index in [1.165, 1.54) is 12.8 Å². The first-order chi connectivity index (χ1) is 17.3. The molecule has 0 radical (unpaired) electrons. The highest BCUT2D eigenvalue weighted by atomic mass is 16.7. The Bertz CT molecular complexity index is 1230. The van der Waals surface area contributed by atoms with Gasteiger partial charge in [0.15, 0.2) is 11.5 Å². The molecule has 0 bridgehead atoms. The molecule has 0 saturated heterocycles. The molecular formula is C27H30N2O7. The van der Waals surface area contributed by atoms with Crippen molar-refractivity contribution in [1.29, 1.82) is 0 Å². The lowest BCUT2D eigenvalue weighted by Gasteiger charge is -2.50. The lowest BCUT2D eigenvalue weighted by atomic mass is 9.66. The van der Waals surface area contributed by atoms with E-state index in [0.717, 1.165) is 24.3 Å². The largest absolute Gasteiger partial charge is 0.504 e. The van der Waals surface area contributed by atoms with Gasteiger partial charge in [0.25, 0.3) is 11.8 Å². The van der Waals surface area contributed by atoms with E-state index in [9.17, 15) is 24.9 Å². The second kappa shape index (κ2) is 8.67. The van der Waals surface area contributed by atoms with E-state index in [4.69, 9.17) is 9.47 Å². The summed E-state index contributed by atoms with van der Waals surface area (Å²) < 4.78 is 10.8. The number of rotatable bonds is 5. The minimum absolute atomic E-state index is 0.0256. The van der Waals surface area contributed by atoms with E-state index in [-0.39, 0.29) is 29.8 Å². The van der Waals surface area contributed by atoms with Crippen LogP contribution < -0.4 is 20.1 Å². The fourth-order valence-corrected chi connectivity index (χ4v) is 5.93. The molecule has 0 spiro atoms. The molecule has 190 valence electrons. The third-order valence-corrected chi connectivity index (χ3v) is 8.17.